The van der Waals surface area contributed by atoms with Crippen LogP contribution in [0.15, 0.2) is 23.9 Å². The van der Waals surface area contributed by atoms with Crippen LogP contribution in [0.3, 0.4) is 0 Å². The Kier molecular flexibility index (Phi) is 4.45. The Morgan fingerprint density at radius 2 is 2.00 bits per heavy atom. The number of benzene rings is 1. The van der Waals surface area contributed by atoms with E-state index in [1.165, 1.54) is 14.2 Å². The molecule has 1 aliphatic rings. The summed E-state index contributed by atoms with van der Waals surface area (Å²) >= 11 is 0. The Labute approximate surface area is 127 Å². The standard InChI is InChI=1S/C15H16N2O5/c1-8-4-5-9-10(7-16-14(9)19)13(8)17-11(15(20)22-3)6-12(18)21-2/h4-6,17H,7H2,1-3H3,(H,16,19)/b11-6+. The topological polar surface area (TPSA) is 93.7 Å². The lowest BCUT2D eigenvalue weighted by Gasteiger charge is -2.14. The summed E-state index contributed by atoms with van der Waals surface area (Å²) in [4.78, 5) is 34.9. The van der Waals surface area contributed by atoms with Crippen molar-refractivity contribution in [3.8, 4) is 0 Å². The second-order valence-corrected chi connectivity index (χ2v) is 4.66. The fourth-order valence-electron chi connectivity index (χ4n) is 2.17. The molecule has 2 N–H and O–H groups in total. The first-order valence-electron chi connectivity index (χ1n) is 6.53. The van der Waals surface area contributed by atoms with Crippen molar-refractivity contribution in [2.75, 3.05) is 19.5 Å². The largest absolute Gasteiger partial charge is 0.466 e. The highest BCUT2D eigenvalue weighted by molar-refractivity contribution is 6.02. The van der Waals surface area contributed by atoms with E-state index < -0.39 is 11.9 Å². The number of carbonyl (C=O) groups is 3. The summed E-state index contributed by atoms with van der Waals surface area (Å²) in [5.74, 6) is -1.57. The normalized spacial score (nSPS) is 13.2. The molecular weight excluding hydrogens is 288 g/mol. The first-order chi connectivity index (χ1) is 10.5. The van der Waals surface area contributed by atoms with Crippen LogP contribution in [0, 0.1) is 6.92 Å². The number of hydrogen-bond acceptors (Lipinski definition) is 6. The predicted octanol–water partition coefficient (Wildman–Crippen LogP) is 0.880. The lowest BCUT2D eigenvalue weighted by Crippen LogP contribution is -2.17. The molecule has 0 aromatic heterocycles. The molecular formula is C15H16N2O5. The van der Waals surface area contributed by atoms with Crippen LogP contribution in [0.2, 0.25) is 0 Å². The minimum absolute atomic E-state index is 0.0646. The monoisotopic (exact) mass is 304 g/mol. The van der Waals surface area contributed by atoms with Gasteiger partial charge in [0.15, 0.2) is 0 Å². The van der Waals surface area contributed by atoms with Gasteiger partial charge in [0.25, 0.3) is 5.91 Å². The quantitative estimate of drug-likeness (QED) is 0.633. The fourth-order valence-corrected chi connectivity index (χ4v) is 2.17. The first kappa shape index (κ1) is 15.6. The molecule has 0 spiro atoms. The third-order valence-electron chi connectivity index (χ3n) is 3.32. The second kappa shape index (κ2) is 6.30. The number of carbonyl (C=O) groups excluding carboxylic acids is 3. The molecule has 0 bridgehead atoms. The molecule has 0 aliphatic carbocycles. The number of fused-ring (bicyclic) bond motifs is 1. The van der Waals surface area contributed by atoms with E-state index >= 15 is 0 Å². The fraction of sp³-hybridized carbons (Fsp3) is 0.267. The van der Waals surface area contributed by atoms with Crippen LogP contribution in [0.25, 0.3) is 0 Å². The molecule has 1 aromatic carbocycles. The highest BCUT2D eigenvalue weighted by Gasteiger charge is 2.24. The summed E-state index contributed by atoms with van der Waals surface area (Å²) in [7, 11) is 2.42. The number of anilines is 1. The van der Waals surface area contributed by atoms with Gasteiger partial charge < -0.3 is 20.1 Å². The van der Waals surface area contributed by atoms with Crippen molar-refractivity contribution in [3.05, 3.63) is 40.6 Å². The average molecular weight is 304 g/mol. The zero-order valence-corrected chi connectivity index (χ0v) is 12.5. The molecule has 1 amide bonds. The van der Waals surface area contributed by atoms with Crippen molar-refractivity contribution in [2.24, 2.45) is 0 Å². The van der Waals surface area contributed by atoms with Gasteiger partial charge in [-0.15, -0.1) is 0 Å². The number of esters is 2. The molecule has 0 fully saturated rings. The van der Waals surface area contributed by atoms with Crippen LogP contribution < -0.4 is 10.6 Å². The van der Waals surface area contributed by atoms with E-state index in [-0.39, 0.29) is 11.6 Å². The Morgan fingerprint density at radius 1 is 1.27 bits per heavy atom. The Bertz CT molecular complexity index is 679. The van der Waals surface area contributed by atoms with Crippen molar-refractivity contribution in [1.29, 1.82) is 0 Å². The third-order valence-corrected chi connectivity index (χ3v) is 3.32. The molecule has 0 radical (unpaired) electrons. The minimum atomic E-state index is -0.709. The van der Waals surface area contributed by atoms with Gasteiger partial charge in [0.2, 0.25) is 0 Å². The molecule has 0 saturated heterocycles. The van der Waals surface area contributed by atoms with Crippen LogP contribution in [0.5, 0.6) is 0 Å². The summed E-state index contributed by atoms with van der Waals surface area (Å²) in [5, 5.41) is 5.59. The van der Waals surface area contributed by atoms with Gasteiger partial charge in [-0.05, 0) is 18.6 Å². The maximum absolute atomic E-state index is 11.8. The van der Waals surface area contributed by atoms with Gasteiger partial charge in [0.1, 0.15) is 5.70 Å². The molecule has 22 heavy (non-hydrogen) atoms. The molecule has 116 valence electrons. The van der Waals surface area contributed by atoms with Crippen LogP contribution >= 0.6 is 0 Å². The minimum Gasteiger partial charge on any atom is -0.466 e. The molecule has 1 aliphatic heterocycles. The van der Waals surface area contributed by atoms with E-state index in [0.717, 1.165) is 17.2 Å². The Hall–Kier alpha value is -2.83. The zero-order valence-electron chi connectivity index (χ0n) is 12.5. The lowest BCUT2D eigenvalue weighted by molar-refractivity contribution is -0.138. The van der Waals surface area contributed by atoms with E-state index in [2.05, 4.69) is 20.1 Å². The number of methoxy groups -OCH3 is 2. The lowest BCUT2D eigenvalue weighted by atomic mass is 10.0. The number of ether oxygens (including phenoxy) is 2. The molecule has 2 rings (SSSR count). The highest BCUT2D eigenvalue weighted by atomic mass is 16.5. The third kappa shape index (κ3) is 2.93. The molecule has 1 aromatic rings. The second-order valence-electron chi connectivity index (χ2n) is 4.66. The zero-order chi connectivity index (χ0) is 16.3. The van der Waals surface area contributed by atoms with E-state index in [1.807, 2.05) is 6.92 Å². The number of rotatable bonds is 4. The number of nitrogens with one attached hydrogen (secondary N) is 2. The van der Waals surface area contributed by atoms with Crippen molar-refractivity contribution in [3.63, 3.8) is 0 Å². The van der Waals surface area contributed by atoms with Gasteiger partial charge >= 0.3 is 11.9 Å². The molecule has 0 saturated carbocycles. The van der Waals surface area contributed by atoms with E-state index in [4.69, 9.17) is 0 Å². The smallest absolute Gasteiger partial charge is 0.354 e. The number of hydrogen-bond donors (Lipinski definition) is 2. The molecule has 0 atom stereocenters. The van der Waals surface area contributed by atoms with Crippen LogP contribution in [-0.2, 0) is 25.6 Å². The SMILES string of the molecule is COC(=O)/C=C(/Nc1c(C)ccc2c1CNC2=O)C(=O)OC. The van der Waals surface area contributed by atoms with E-state index in [9.17, 15) is 14.4 Å². The van der Waals surface area contributed by atoms with Crippen molar-refractivity contribution in [2.45, 2.75) is 13.5 Å². The van der Waals surface area contributed by atoms with Gasteiger partial charge in [-0.1, -0.05) is 6.07 Å². The first-order valence-corrected chi connectivity index (χ1v) is 6.53. The predicted molar refractivity (Wildman–Crippen MR) is 78.1 cm³/mol. The average Bonchev–Trinajstić information content (AvgIpc) is 2.89. The summed E-state index contributed by atoms with van der Waals surface area (Å²) in [5.41, 5.74) is 2.64. The van der Waals surface area contributed by atoms with Gasteiger partial charge in [0, 0.05) is 23.4 Å². The molecule has 1 heterocycles. The van der Waals surface area contributed by atoms with Gasteiger partial charge in [0.05, 0.1) is 20.3 Å². The van der Waals surface area contributed by atoms with Crippen molar-refractivity contribution < 1.29 is 23.9 Å². The maximum atomic E-state index is 11.8. The molecule has 7 nitrogen and oxygen atoms in total. The highest BCUT2D eigenvalue weighted by Crippen LogP contribution is 2.29. The van der Waals surface area contributed by atoms with Gasteiger partial charge in [-0.3, -0.25) is 4.79 Å². The van der Waals surface area contributed by atoms with Crippen molar-refractivity contribution in [1.82, 2.24) is 5.32 Å². The van der Waals surface area contributed by atoms with Crippen LogP contribution in [0.1, 0.15) is 21.5 Å². The van der Waals surface area contributed by atoms with Crippen LogP contribution in [-0.4, -0.2) is 32.1 Å². The molecule has 0 unspecified atom stereocenters. The van der Waals surface area contributed by atoms with Crippen molar-refractivity contribution >= 4 is 23.5 Å². The van der Waals surface area contributed by atoms with Gasteiger partial charge in [-0.25, -0.2) is 9.59 Å². The summed E-state index contributed by atoms with van der Waals surface area (Å²) < 4.78 is 9.17. The summed E-state index contributed by atoms with van der Waals surface area (Å²) in [6, 6.07) is 3.49. The molecule has 7 heteroatoms. The number of aryl methyl sites for hydroxylation is 1. The Balaban J connectivity index is 2.43. The van der Waals surface area contributed by atoms with E-state index in [0.29, 0.717) is 17.8 Å². The van der Waals surface area contributed by atoms with Gasteiger partial charge in [-0.2, -0.15) is 0 Å². The maximum Gasteiger partial charge on any atom is 0.354 e. The van der Waals surface area contributed by atoms with E-state index in [1.54, 1.807) is 12.1 Å². The van der Waals surface area contributed by atoms with Crippen LogP contribution in [0.4, 0.5) is 5.69 Å². The summed E-state index contributed by atoms with van der Waals surface area (Å²) in [6.45, 7) is 2.18. The summed E-state index contributed by atoms with van der Waals surface area (Å²) in [6.07, 6.45) is 1.01. The Morgan fingerprint density at radius 3 is 2.64 bits per heavy atom. The number of amides is 1.